The number of β-lactam (4-membered cyclic amide) rings is 1. The Morgan fingerprint density at radius 2 is 1.95 bits per heavy atom. The van der Waals surface area contributed by atoms with Crippen LogP contribution >= 0.6 is 0 Å². The van der Waals surface area contributed by atoms with Gasteiger partial charge in [0.1, 0.15) is 0 Å². The van der Waals surface area contributed by atoms with Gasteiger partial charge in [0.05, 0.1) is 5.41 Å². The molecule has 108 valence electrons. The summed E-state index contributed by atoms with van der Waals surface area (Å²) in [5, 5.41) is 2.91. The zero-order valence-electron chi connectivity index (χ0n) is 12.3. The lowest BCUT2D eigenvalue weighted by Gasteiger charge is -2.47. The second-order valence-corrected chi connectivity index (χ2v) is 6.24. The molecule has 2 aliphatic rings. The van der Waals surface area contributed by atoms with Crippen molar-refractivity contribution in [3.05, 3.63) is 35.9 Å². The van der Waals surface area contributed by atoms with E-state index in [0.29, 0.717) is 11.9 Å². The molecule has 1 saturated heterocycles. The molecule has 0 atom stereocenters. The molecule has 3 nitrogen and oxygen atoms in total. The molecular weight excluding hydrogens is 248 g/mol. The van der Waals surface area contributed by atoms with Crippen LogP contribution in [-0.4, -0.2) is 29.9 Å². The van der Waals surface area contributed by atoms with Gasteiger partial charge in [-0.25, -0.2) is 0 Å². The molecule has 1 N–H and O–H groups in total. The van der Waals surface area contributed by atoms with Crippen LogP contribution in [0.1, 0.15) is 38.2 Å². The fourth-order valence-electron chi connectivity index (χ4n) is 3.65. The van der Waals surface area contributed by atoms with Crippen LogP contribution in [0, 0.1) is 5.41 Å². The SMILES string of the molecule is CCN(Cc1ccccc1)C1CCC2(CC1)CNC2=O. The molecule has 3 rings (SSSR count). The Kier molecular flexibility index (Phi) is 3.79. The van der Waals surface area contributed by atoms with Crippen LogP contribution < -0.4 is 5.32 Å². The number of amides is 1. The fraction of sp³-hybridized carbons (Fsp3) is 0.588. The molecule has 1 amide bonds. The number of carbonyl (C=O) groups excluding carboxylic acids is 1. The number of nitrogens with zero attached hydrogens (tertiary/aromatic N) is 1. The number of rotatable bonds is 4. The Hall–Kier alpha value is -1.35. The van der Waals surface area contributed by atoms with E-state index in [1.807, 2.05) is 0 Å². The molecule has 3 heteroatoms. The van der Waals surface area contributed by atoms with E-state index in [9.17, 15) is 4.79 Å². The maximum atomic E-state index is 11.7. The van der Waals surface area contributed by atoms with Crippen molar-refractivity contribution in [1.29, 1.82) is 0 Å². The van der Waals surface area contributed by atoms with Crippen LogP contribution in [-0.2, 0) is 11.3 Å². The average molecular weight is 272 g/mol. The van der Waals surface area contributed by atoms with Gasteiger partial charge in [-0.15, -0.1) is 0 Å². The first-order chi connectivity index (χ1) is 9.73. The minimum Gasteiger partial charge on any atom is -0.354 e. The normalized spacial score (nSPS) is 29.3. The highest BCUT2D eigenvalue weighted by molar-refractivity contribution is 5.88. The zero-order valence-corrected chi connectivity index (χ0v) is 12.3. The summed E-state index contributed by atoms with van der Waals surface area (Å²) in [5.74, 6) is 0.294. The van der Waals surface area contributed by atoms with Crippen molar-refractivity contribution in [2.75, 3.05) is 13.1 Å². The summed E-state index contributed by atoms with van der Waals surface area (Å²) < 4.78 is 0. The van der Waals surface area contributed by atoms with E-state index in [-0.39, 0.29) is 5.41 Å². The Labute approximate surface area is 121 Å². The Balaban J connectivity index is 1.59. The maximum Gasteiger partial charge on any atom is 0.228 e. The average Bonchev–Trinajstić information content (AvgIpc) is 2.52. The molecule has 2 fully saturated rings. The van der Waals surface area contributed by atoms with Gasteiger partial charge in [0, 0.05) is 19.1 Å². The number of carbonyl (C=O) groups is 1. The van der Waals surface area contributed by atoms with Gasteiger partial charge in [0.25, 0.3) is 0 Å². The van der Waals surface area contributed by atoms with Crippen molar-refractivity contribution < 1.29 is 4.79 Å². The minimum atomic E-state index is 0.00264. The summed E-state index contributed by atoms with van der Waals surface area (Å²) in [5.41, 5.74) is 1.39. The number of hydrogen-bond donors (Lipinski definition) is 1. The van der Waals surface area contributed by atoms with E-state index in [1.165, 1.54) is 5.56 Å². The van der Waals surface area contributed by atoms with Crippen molar-refractivity contribution in [3.63, 3.8) is 0 Å². The second-order valence-electron chi connectivity index (χ2n) is 6.24. The molecule has 1 spiro atoms. The molecule has 0 bridgehead atoms. The van der Waals surface area contributed by atoms with Gasteiger partial charge in [0.2, 0.25) is 5.91 Å². The van der Waals surface area contributed by atoms with Crippen molar-refractivity contribution in [2.24, 2.45) is 5.41 Å². The molecule has 0 unspecified atom stereocenters. The van der Waals surface area contributed by atoms with Gasteiger partial charge < -0.3 is 5.32 Å². The van der Waals surface area contributed by atoms with Gasteiger partial charge in [0.15, 0.2) is 0 Å². The van der Waals surface area contributed by atoms with Gasteiger partial charge in [-0.3, -0.25) is 9.69 Å². The predicted molar refractivity (Wildman–Crippen MR) is 80.2 cm³/mol. The fourth-order valence-corrected chi connectivity index (χ4v) is 3.65. The largest absolute Gasteiger partial charge is 0.354 e. The van der Waals surface area contributed by atoms with E-state index in [4.69, 9.17) is 0 Å². The van der Waals surface area contributed by atoms with Crippen molar-refractivity contribution >= 4 is 5.91 Å². The molecular formula is C17H24N2O. The van der Waals surface area contributed by atoms with Gasteiger partial charge in [-0.05, 0) is 37.8 Å². The number of nitrogens with one attached hydrogen (secondary N) is 1. The monoisotopic (exact) mass is 272 g/mol. The summed E-state index contributed by atoms with van der Waals surface area (Å²) in [6.45, 7) is 5.26. The molecule has 20 heavy (non-hydrogen) atoms. The number of hydrogen-bond acceptors (Lipinski definition) is 2. The zero-order chi connectivity index (χ0) is 14.0. The highest BCUT2D eigenvalue weighted by atomic mass is 16.2. The maximum absolute atomic E-state index is 11.7. The summed E-state index contributed by atoms with van der Waals surface area (Å²) in [4.78, 5) is 14.3. The van der Waals surface area contributed by atoms with Crippen LogP contribution in [0.15, 0.2) is 30.3 Å². The first-order valence-corrected chi connectivity index (χ1v) is 7.80. The van der Waals surface area contributed by atoms with Crippen molar-refractivity contribution in [2.45, 2.75) is 45.2 Å². The Bertz CT molecular complexity index is 463. The van der Waals surface area contributed by atoms with E-state index in [2.05, 4.69) is 47.5 Å². The number of benzene rings is 1. The highest BCUT2D eigenvalue weighted by Crippen LogP contribution is 2.41. The smallest absolute Gasteiger partial charge is 0.228 e. The predicted octanol–water partition coefficient (Wildman–Crippen LogP) is 2.57. The van der Waals surface area contributed by atoms with Gasteiger partial charge in [-0.2, -0.15) is 0 Å². The molecule has 1 saturated carbocycles. The topological polar surface area (TPSA) is 32.3 Å². The van der Waals surface area contributed by atoms with Crippen LogP contribution in [0.3, 0.4) is 0 Å². The van der Waals surface area contributed by atoms with E-state index >= 15 is 0 Å². The van der Waals surface area contributed by atoms with E-state index < -0.39 is 0 Å². The van der Waals surface area contributed by atoms with Gasteiger partial charge >= 0.3 is 0 Å². The summed E-state index contributed by atoms with van der Waals surface area (Å²) in [6, 6.07) is 11.3. The second kappa shape index (κ2) is 5.57. The molecule has 1 aliphatic heterocycles. The third kappa shape index (κ3) is 2.47. The van der Waals surface area contributed by atoms with Crippen molar-refractivity contribution in [1.82, 2.24) is 10.2 Å². The van der Waals surface area contributed by atoms with Crippen LogP contribution in [0.5, 0.6) is 0 Å². The van der Waals surface area contributed by atoms with Crippen LogP contribution in [0.4, 0.5) is 0 Å². The summed E-state index contributed by atoms with van der Waals surface area (Å²) in [6.07, 6.45) is 4.45. The molecule has 1 aromatic carbocycles. The van der Waals surface area contributed by atoms with Crippen LogP contribution in [0.2, 0.25) is 0 Å². The molecule has 0 aromatic heterocycles. The van der Waals surface area contributed by atoms with Gasteiger partial charge in [-0.1, -0.05) is 37.3 Å². The molecule has 0 radical (unpaired) electrons. The summed E-state index contributed by atoms with van der Waals surface area (Å²) >= 11 is 0. The minimum absolute atomic E-state index is 0.00264. The van der Waals surface area contributed by atoms with E-state index in [1.54, 1.807) is 0 Å². The van der Waals surface area contributed by atoms with E-state index in [0.717, 1.165) is 45.3 Å². The molecule has 1 heterocycles. The lowest BCUT2D eigenvalue weighted by atomic mass is 9.67. The molecule has 1 aliphatic carbocycles. The standard InChI is InChI=1S/C17H24N2O/c1-2-19(12-14-6-4-3-5-7-14)15-8-10-17(11-9-15)13-18-16(17)20/h3-7,15H,2,8-13H2,1H3,(H,18,20). The molecule has 1 aromatic rings. The lowest BCUT2D eigenvalue weighted by Crippen LogP contribution is -2.61. The third-order valence-corrected chi connectivity index (χ3v) is 5.13. The highest BCUT2D eigenvalue weighted by Gasteiger charge is 2.48. The Morgan fingerprint density at radius 1 is 1.25 bits per heavy atom. The quantitative estimate of drug-likeness (QED) is 0.854. The van der Waals surface area contributed by atoms with Crippen LogP contribution in [0.25, 0.3) is 0 Å². The Morgan fingerprint density at radius 3 is 2.45 bits per heavy atom. The first kappa shape index (κ1) is 13.6. The van der Waals surface area contributed by atoms with Crippen molar-refractivity contribution in [3.8, 4) is 0 Å². The first-order valence-electron chi connectivity index (χ1n) is 7.80. The third-order valence-electron chi connectivity index (χ3n) is 5.13. The lowest BCUT2D eigenvalue weighted by molar-refractivity contribution is -0.143. The summed E-state index contributed by atoms with van der Waals surface area (Å²) in [7, 11) is 0.